The van der Waals surface area contributed by atoms with Gasteiger partial charge in [-0.1, -0.05) is 0 Å². The number of nitrogens with zero attached hydrogens (tertiary/aromatic N) is 2. The lowest BCUT2D eigenvalue weighted by Crippen LogP contribution is -2.45. The van der Waals surface area contributed by atoms with Crippen LogP contribution in [0.3, 0.4) is 0 Å². The summed E-state index contributed by atoms with van der Waals surface area (Å²) < 4.78 is 10.9. The molecule has 2 heterocycles. The van der Waals surface area contributed by atoms with E-state index < -0.39 is 0 Å². The van der Waals surface area contributed by atoms with Crippen LogP contribution >= 0.6 is 0 Å². The minimum atomic E-state index is 0.872. The van der Waals surface area contributed by atoms with Crippen molar-refractivity contribution in [3.05, 3.63) is 0 Å². The standard InChI is InChI=1S/C10H20N2O2/c1-3-11(5-9-13-7-1)12-4-2-8-14-10-6-12/h1-10H2. The molecule has 2 aliphatic heterocycles. The molecular weight excluding hydrogens is 180 g/mol. The predicted molar refractivity (Wildman–Crippen MR) is 54.0 cm³/mol. The SMILES string of the molecule is C1COCCN(N2CCCOCC2)C1. The van der Waals surface area contributed by atoms with Crippen molar-refractivity contribution < 1.29 is 9.47 Å². The molecule has 0 N–H and O–H groups in total. The first-order valence-corrected chi connectivity index (χ1v) is 5.62. The molecule has 0 aromatic heterocycles. The Morgan fingerprint density at radius 3 is 1.57 bits per heavy atom. The molecule has 0 atom stereocenters. The van der Waals surface area contributed by atoms with Crippen molar-refractivity contribution in [1.29, 1.82) is 0 Å². The molecule has 2 fully saturated rings. The third-order valence-electron chi connectivity index (χ3n) is 2.80. The molecule has 0 bridgehead atoms. The summed E-state index contributed by atoms with van der Waals surface area (Å²) in [6.45, 7) is 7.94. The molecule has 0 aromatic rings. The lowest BCUT2D eigenvalue weighted by Gasteiger charge is -2.32. The highest BCUT2D eigenvalue weighted by Gasteiger charge is 2.18. The molecule has 2 saturated heterocycles. The zero-order valence-corrected chi connectivity index (χ0v) is 8.78. The highest BCUT2D eigenvalue weighted by Crippen LogP contribution is 2.07. The maximum Gasteiger partial charge on any atom is 0.0607 e. The lowest BCUT2D eigenvalue weighted by molar-refractivity contribution is -0.0263. The monoisotopic (exact) mass is 200 g/mol. The Kier molecular flexibility index (Phi) is 4.19. The van der Waals surface area contributed by atoms with Gasteiger partial charge in [0.2, 0.25) is 0 Å². The van der Waals surface area contributed by atoms with E-state index >= 15 is 0 Å². The number of hydrogen-bond donors (Lipinski definition) is 0. The minimum absolute atomic E-state index is 0.872. The smallest absolute Gasteiger partial charge is 0.0607 e. The molecule has 2 rings (SSSR count). The summed E-state index contributed by atoms with van der Waals surface area (Å²) in [7, 11) is 0. The van der Waals surface area contributed by atoms with E-state index in [1.807, 2.05) is 0 Å². The van der Waals surface area contributed by atoms with E-state index in [-0.39, 0.29) is 0 Å². The summed E-state index contributed by atoms with van der Waals surface area (Å²) in [5.74, 6) is 0. The second kappa shape index (κ2) is 5.66. The van der Waals surface area contributed by atoms with Gasteiger partial charge in [-0.2, -0.15) is 0 Å². The maximum atomic E-state index is 5.45. The van der Waals surface area contributed by atoms with Gasteiger partial charge in [-0.05, 0) is 12.8 Å². The molecular formula is C10H20N2O2. The van der Waals surface area contributed by atoms with Gasteiger partial charge in [0.1, 0.15) is 0 Å². The van der Waals surface area contributed by atoms with E-state index in [1.54, 1.807) is 0 Å². The van der Waals surface area contributed by atoms with Gasteiger partial charge in [-0.3, -0.25) is 0 Å². The summed E-state index contributed by atoms with van der Waals surface area (Å²) in [5.41, 5.74) is 0. The van der Waals surface area contributed by atoms with Crippen molar-refractivity contribution in [2.24, 2.45) is 0 Å². The van der Waals surface area contributed by atoms with Crippen molar-refractivity contribution in [1.82, 2.24) is 10.0 Å². The summed E-state index contributed by atoms with van der Waals surface area (Å²) in [6, 6.07) is 0. The molecule has 0 aliphatic carbocycles. The van der Waals surface area contributed by atoms with Crippen LogP contribution in [0.5, 0.6) is 0 Å². The van der Waals surface area contributed by atoms with E-state index in [0.717, 1.165) is 65.4 Å². The Bertz CT molecular complexity index is 132. The Balaban J connectivity index is 1.83. The largest absolute Gasteiger partial charge is 0.380 e. The second-order valence-corrected chi connectivity index (χ2v) is 3.84. The highest BCUT2D eigenvalue weighted by atomic mass is 16.5. The van der Waals surface area contributed by atoms with Crippen LogP contribution < -0.4 is 0 Å². The Hall–Kier alpha value is -0.160. The summed E-state index contributed by atoms with van der Waals surface area (Å²) in [4.78, 5) is 0. The van der Waals surface area contributed by atoms with Crippen LogP contribution in [0, 0.1) is 0 Å². The first kappa shape index (κ1) is 10.4. The normalized spacial score (nSPS) is 28.3. The van der Waals surface area contributed by atoms with Gasteiger partial charge in [0.25, 0.3) is 0 Å². The average molecular weight is 200 g/mol. The van der Waals surface area contributed by atoms with Crippen LogP contribution in [0.4, 0.5) is 0 Å². The van der Waals surface area contributed by atoms with Crippen LogP contribution in [0.1, 0.15) is 12.8 Å². The van der Waals surface area contributed by atoms with E-state index in [9.17, 15) is 0 Å². The number of rotatable bonds is 1. The summed E-state index contributed by atoms with van der Waals surface area (Å²) in [5, 5.41) is 4.86. The van der Waals surface area contributed by atoms with Gasteiger partial charge in [0.05, 0.1) is 13.2 Å². The van der Waals surface area contributed by atoms with Crippen LogP contribution in [0.25, 0.3) is 0 Å². The molecule has 0 radical (unpaired) electrons. The molecule has 82 valence electrons. The molecule has 2 aliphatic rings. The Morgan fingerprint density at radius 1 is 0.571 bits per heavy atom. The van der Waals surface area contributed by atoms with Crippen molar-refractivity contribution in [3.8, 4) is 0 Å². The first-order chi connectivity index (χ1) is 6.97. The topological polar surface area (TPSA) is 24.9 Å². The van der Waals surface area contributed by atoms with Gasteiger partial charge in [-0.25, -0.2) is 10.0 Å². The van der Waals surface area contributed by atoms with Crippen LogP contribution in [0.15, 0.2) is 0 Å². The fraction of sp³-hybridized carbons (Fsp3) is 1.00. The van der Waals surface area contributed by atoms with Gasteiger partial charge in [0, 0.05) is 39.4 Å². The molecule has 0 saturated carbocycles. The van der Waals surface area contributed by atoms with Crippen molar-refractivity contribution >= 4 is 0 Å². The third-order valence-corrected chi connectivity index (χ3v) is 2.80. The second-order valence-electron chi connectivity index (χ2n) is 3.84. The van der Waals surface area contributed by atoms with Gasteiger partial charge in [0.15, 0.2) is 0 Å². The van der Waals surface area contributed by atoms with Gasteiger partial charge >= 0.3 is 0 Å². The Morgan fingerprint density at radius 2 is 1.07 bits per heavy atom. The van der Waals surface area contributed by atoms with Crippen LogP contribution in [-0.4, -0.2) is 62.6 Å². The fourth-order valence-electron chi connectivity index (χ4n) is 2.03. The van der Waals surface area contributed by atoms with E-state index in [1.165, 1.54) is 0 Å². The highest BCUT2D eigenvalue weighted by molar-refractivity contribution is 4.63. The zero-order valence-electron chi connectivity index (χ0n) is 8.78. The average Bonchev–Trinajstić information content (AvgIpc) is 2.62. The van der Waals surface area contributed by atoms with E-state index in [2.05, 4.69) is 10.0 Å². The molecule has 0 amide bonds. The zero-order chi connectivity index (χ0) is 9.64. The van der Waals surface area contributed by atoms with Gasteiger partial charge < -0.3 is 9.47 Å². The summed E-state index contributed by atoms with van der Waals surface area (Å²) >= 11 is 0. The quantitative estimate of drug-likeness (QED) is 0.609. The molecule has 4 nitrogen and oxygen atoms in total. The first-order valence-electron chi connectivity index (χ1n) is 5.62. The van der Waals surface area contributed by atoms with Crippen LogP contribution in [-0.2, 0) is 9.47 Å². The summed E-state index contributed by atoms with van der Waals surface area (Å²) in [6.07, 6.45) is 2.30. The van der Waals surface area contributed by atoms with Crippen LogP contribution in [0.2, 0.25) is 0 Å². The fourth-order valence-corrected chi connectivity index (χ4v) is 2.03. The lowest BCUT2D eigenvalue weighted by atomic mass is 10.4. The number of hydrazine groups is 1. The van der Waals surface area contributed by atoms with Crippen molar-refractivity contribution in [3.63, 3.8) is 0 Å². The molecule has 4 heteroatoms. The molecule has 0 unspecified atom stereocenters. The van der Waals surface area contributed by atoms with Crippen molar-refractivity contribution in [2.75, 3.05) is 52.6 Å². The molecule has 14 heavy (non-hydrogen) atoms. The number of ether oxygens (including phenoxy) is 2. The van der Waals surface area contributed by atoms with Crippen molar-refractivity contribution in [2.45, 2.75) is 12.8 Å². The van der Waals surface area contributed by atoms with E-state index in [0.29, 0.717) is 0 Å². The Labute approximate surface area is 85.7 Å². The van der Waals surface area contributed by atoms with E-state index in [4.69, 9.17) is 9.47 Å². The minimum Gasteiger partial charge on any atom is -0.380 e. The molecule has 0 aromatic carbocycles. The molecule has 0 spiro atoms. The number of hydrogen-bond acceptors (Lipinski definition) is 4. The maximum absolute atomic E-state index is 5.45. The third kappa shape index (κ3) is 2.92. The van der Waals surface area contributed by atoms with Gasteiger partial charge in [-0.15, -0.1) is 0 Å². The predicted octanol–water partition coefficient (Wildman–Crippen LogP) is 0.346.